The van der Waals surface area contributed by atoms with Gasteiger partial charge in [-0.2, -0.15) is 0 Å². The number of halogens is 1. The van der Waals surface area contributed by atoms with Crippen LogP contribution >= 0.6 is 0 Å². The molecule has 29 heavy (non-hydrogen) atoms. The van der Waals surface area contributed by atoms with Gasteiger partial charge in [0.15, 0.2) is 5.69 Å². The van der Waals surface area contributed by atoms with Crippen LogP contribution in [0.5, 0.6) is 5.75 Å². The van der Waals surface area contributed by atoms with E-state index in [2.05, 4.69) is 46.8 Å². The summed E-state index contributed by atoms with van der Waals surface area (Å²) in [6.45, 7) is 4.78. The number of ether oxygens (including phenoxy) is 1. The summed E-state index contributed by atoms with van der Waals surface area (Å²) in [6, 6.07) is 13.0. The van der Waals surface area contributed by atoms with Crippen molar-refractivity contribution in [3.05, 3.63) is 76.4 Å². The molecular formula is C22H25FN4O2. The smallest absolute Gasteiger partial charge is 0.273 e. The maximum absolute atomic E-state index is 14.0. The van der Waals surface area contributed by atoms with Gasteiger partial charge in [-0.05, 0) is 42.5 Å². The number of amides is 1. The molecule has 0 saturated carbocycles. The molecule has 2 aromatic carbocycles. The Morgan fingerprint density at radius 3 is 2.55 bits per heavy atom. The van der Waals surface area contributed by atoms with Crippen molar-refractivity contribution >= 4 is 5.91 Å². The molecule has 7 heteroatoms. The van der Waals surface area contributed by atoms with Crippen LogP contribution < -0.4 is 10.1 Å². The van der Waals surface area contributed by atoms with E-state index in [1.807, 2.05) is 6.92 Å². The number of nitrogens with zero attached hydrogens (tertiary/aromatic N) is 3. The van der Waals surface area contributed by atoms with Crippen LogP contribution in [0.15, 0.2) is 42.5 Å². The van der Waals surface area contributed by atoms with E-state index < -0.39 is 0 Å². The predicted molar refractivity (Wildman–Crippen MR) is 109 cm³/mol. The van der Waals surface area contributed by atoms with E-state index in [9.17, 15) is 9.18 Å². The van der Waals surface area contributed by atoms with Crippen molar-refractivity contribution in [2.24, 2.45) is 0 Å². The first-order valence-electron chi connectivity index (χ1n) is 9.60. The summed E-state index contributed by atoms with van der Waals surface area (Å²) >= 11 is 0. The highest BCUT2D eigenvalue weighted by Crippen LogP contribution is 2.16. The molecule has 0 aliphatic carbocycles. The van der Waals surface area contributed by atoms with E-state index in [1.165, 1.54) is 18.7 Å². The number of aromatic nitrogens is 3. The number of carbonyl (C=O) groups is 1. The van der Waals surface area contributed by atoms with Crippen LogP contribution in [0.4, 0.5) is 4.39 Å². The molecule has 1 amide bonds. The molecule has 0 atom stereocenters. The van der Waals surface area contributed by atoms with E-state index in [0.717, 1.165) is 12.0 Å². The number of carbonyl (C=O) groups excluding carboxylic acids is 1. The lowest BCUT2D eigenvalue weighted by Crippen LogP contribution is -2.27. The number of hydrogen-bond acceptors (Lipinski definition) is 4. The molecule has 0 unspecified atom stereocenters. The molecule has 3 aromatic rings. The van der Waals surface area contributed by atoms with Crippen LogP contribution in [-0.2, 0) is 19.4 Å². The largest absolute Gasteiger partial charge is 0.497 e. The van der Waals surface area contributed by atoms with Gasteiger partial charge < -0.3 is 10.1 Å². The van der Waals surface area contributed by atoms with Gasteiger partial charge in [0.05, 0.1) is 19.3 Å². The average molecular weight is 396 g/mol. The Morgan fingerprint density at radius 2 is 1.90 bits per heavy atom. The standard InChI is InChI=1S/C22H25FN4O2/c1-4-16-5-7-17(8-6-16)14-27-15(2)21(25-26-27)22(28)24-12-11-18-9-10-19(29-3)13-20(18)23/h5-10,13H,4,11-12,14H2,1-3H3,(H,24,28). The van der Waals surface area contributed by atoms with Gasteiger partial charge in [-0.15, -0.1) is 5.10 Å². The van der Waals surface area contributed by atoms with Crippen LogP contribution in [-0.4, -0.2) is 34.6 Å². The molecule has 1 aromatic heterocycles. The molecule has 0 radical (unpaired) electrons. The third kappa shape index (κ3) is 4.99. The summed E-state index contributed by atoms with van der Waals surface area (Å²) in [5.74, 6) is -0.203. The lowest BCUT2D eigenvalue weighted by molar-refractivity contribution is 0.0948. The average Bonchev–Trinajstić information content (AvgIpc) is 3.10. The minimum Gasteiger partial charge on any atom is -0.497 e. The molecular weight excluding hydrogens is 371 g/mol. The first-order valence-corrected chi connectivity index (χ1v) is 9.60. The number of rotatable bonds is 8. The second kappa shape index (κ2) is 9.32. The molecule has 0 bridgehead atoms. The van der Waals surface area contributed by atoms with Crippen molar-refractivity contribution in [1.29, 1.82) is 0 Å². The highest BCUT2D eigenvalue weighted by atomic mass is 19.1. The fourth-order valence-electron chi connectivity index (χ4n) is 3.03. The van der Waals surface area contributed by atoms with E-state index in [0.29, 0.717) is 36.5 Å². The second-order valence-electron chi connectivity index (χ2n) is 6.81. The maximum Gasteiger partial charge on any atom is 0.273 e. The SMILES string of the molecule is CCc1ccc(Cn2nnc(C(=O)NCCc3ccc(OC)cc3F)c2C)cc1. The van der Waals surface area contributed by atoms with E-state index >= 15 is 0 Å². The Hall–Kier alpha value is -3.22. The summed E-state index contributed by atoms with van der Waals surface area (Å²) in [5.41, 5.74) is 3.86. The third-order valence-corrected chi connectivity index (χ3v) is 4.90. The summed E-state index contributed by atoms with van der Waals surface area (Å²) in [5, 5.41) is 10.9. The minimum absolute atomic E-state index is 0.283. The summed E-state index contributed by atoms with van der Waals surface area (Å²) in [6.07, 6.45) is 1.37. The molecule has 3 rings (SSSR count). The van der Waals surface area contributed by atoms with Crippen molar-refractivity contribution in [3.63, 3.8) is 0 Å². The Kier molecular flexibility index (Phi) is 6.59. The third-order valence-electron chi connectivity index (χ3n) is 4.90. The number of hydrogen-bond donors (Lipinski definition) is 1. The fraction of sp³-hybridized carbons (Fsp3) is 0.318. The fourth-order valence-corrected chi connectivity index (χ4v) is 3.03. The van der Waals surface area contributed by atoms with E-state index in [-0.39, 0.29) is 17.4 Å². The number of methoxy groups -OCH3 is 1. The highest BCUT2D eigenvalue weighted by Gasteiger charge is 2.16. The molecule has 152 valence electrons. The Morgan fingerprint density at radius 1 is 1.17 bits per heavy atom. The van der Waals surface area contributed by atoms with Crippen molar-refractivity contribution in [3.8, 4) is 5.75 Å². The minimum atomic E-state index is -0.352. The zero-order valence-corrected chi connectivity index (χ0v) is 16.9. The van der Waals surface area contributed by atoms with Gasteiger partial charge in [0.2, 0.25) is 0 Å². The molecule has 1 N–H and O–H groups in total. The Balaban J connectivity index is 1.58. The topological polar surface area (TPSA) is 69.0 Å². The van der Waals surface area contributed by atoms with Gasteiger partial charge in [-0.25, -0.2) is 9.07 Å². The normalized spacial score (nSPS) is 10.8. The Labute approximate surface area is 169 Å². The Bertz CT molecular complexity index is 983. The number of aryl methyl sites for hydroxylation is 1. The zero-order valence-electron chi connectivity index (χ0n) is 16.9. The van der Waals surface area contributed by atoms with Crippen LogP contribution in [0.1, 0.15) is 39.8 Å². The molecule has 0 spiro atoms. The lowest BCUT2D eigenvalue weighted by atomic mass is 10.1. The van der Waals surface area contributed by atoms with Crippen molar-refractivity contribution in [2.45, 2.75) is 33.2 Å². The van der Waals surface area contributed by atoms with Crippen molar-refractivity contribution in [2.75, 3.05) is 13.7 Å². The summed E-state index contributed by atoms with van der Waals surface area (Å²) < 4.78 is 20.7. The van der Waals surface area contributed by atoms with Gasteiger partial charge in [0.1, 0.15) is 11.6 Å². The summed E-state index contributed by atoms with van der Waals surface area (Å²) in [7, 11) is 1.49. The van der Waals surface area contributed by atoms with Gasteiger partial charge in [0, 0.05) is 12.6 Å². The highest BCUT2D eigenvalue weighted by molar-refractivity contribution is 5.93. The molecule has 0 saturated heterocycles. The monoisotopic (exact) mass is 396 g/mol. The van der Waals surface area contributed by atoms with Crippen molar-refractivity contribution < 1.29 is 13.9 Å². The summed E-state index contributed by atoms with van der Waals surface area (Å²) in [4.78, 5) is 12.4. The second-order valence-corrected chi connectivity index (χ2v) is 6.81. The zero-order chi connectivity index (χ0) is 20.8. The number of benzene rings is 2. The van der Waals surface area contributed by atoms with Crippen LogP contribution in [0.2, 0.25) is 0 Å². The van der Waals surface area contributed by atoms with Gasteiger partial charge >= 0.3 is 0 Å². The first kappa shape index (κ1) is 20.5. The van der Waals surface area contributed by atoms with Crippen LogP contribution in [0.3, 0.4) is 0 Å². The number of nitrogens with one attached hydrogen (secondary N) is 1. The van der Waals surface area contributed by atoms with Crippen LogP contribution in [0.25, 0.3) is 0 Å². The lowest BCUT2D eigenvalue weighted by Gasteiger charge is -2.07. The molecule has 0 aliphatic heterocycles. The molecule has 6 nitrogen and oxygen atoms in total. The van der Waals surface area contributed by atoms with E-state index in [4.69, 9.17) is 4.74 Å². The van der Waals surface area contributed by atoms with Gasteiger partial charge in [-0.1, -0.05) is 42.5 Å². The quantitative estimate of drug-likeness (QED) is 0.634. The molecule has 1 heterocycles. The van der Waals surface area contributed by atoms with Crippen LogP contribution in [0, 0.1) is 12.7 Å². The van der Waals surface area contributed by atoms with E-state index in [1.54, 1.807) is 16.8 Å². The predicted octanol–water partition coefficient (Wildman–Crippen LogP) is 3.32. The maximum atomic E-state index is 14.0. The molecule has 0 aliphatic rings. The van der Waals surface area contributed by atoms with Gasteiger partial charge in [0.25, 0.3) is 5.91 Å². The van der Waals surface area contributed by atoms with Gasteiger partial charge in [-0.3, -0.25) is 4.79 Å². The first-order chi connectivity index (χ1) is 14.0. The van der Waals surface area contributed by atoms with Crippen molar-refractivity contribution in [1.82, 2.24) is 20.3 Å². The molecule has 0 fully saturated rings.